The number of aliphatic hydroxyl groups is 1. The van der Waals surface area contributed by atoms with Gasteiger partial charge in [-0.1, -0.05) is 19.1 Å². The quantitative estimate of drug-likeness (QED) is 0.712. The topological polar surface area (TPSA) is 35.5 Å². The molecule has 0 fully saturated rings. The second-order valence-corrected chi connectivity index (χ2v) is 4.48. The van der Waals surface area contributed by atoms with Crippen molar-refractivity contribution < 1.29 is 5.11 Å². The highest BCUT2D eigenvalue weighted by molar-refractivity contribution is 5.46. The molecule has 0 saturated heterocycles. The zero-order valence-corrected chi connectivity index (χ0v) is 11.1. The Morgan fingerprint density at radius 2 is 1.88 bits per heavy atom. The molecule has 0 radical (unpaired) electrons. The third-order valence-electron chi connectivity index (χ3n) is 2.95. The molecule has 0 aliphatic heterocycles. The van der Waals surface area contributed by atoms with Crippen LogP contribution in [0.15, 0.2) is 24.3 Å². The number of hydrogen-bond donors (Lipinski definition) is 2. The summed E-state index contributed by atoms with van der Waals surface area (Å²) in [5.41, 5.74) is 2.54. The first-order valence-corrected chi connectivity index (χ1v) is 6.30. The average molecular weight is 236 g/mol. The lowest BCUT2D eigenvalue weighted by Gasteiger charge is -2.19. The highest BCUT2D eigenvalue weighted by atomic mass is 16.3. The molecule has 96 valence electrons. The van der Waals surface area contributed by atoms with Gasteiger partial charge in [-0.3, -0.25) is 0 Å². The van der Waals surface area contributed by atoms with Gasteiger partial charge in [-0.2, -0.15) is 0 Å². The maximum atomic E-state index is 8.77. The first-order chi connectivity index (χ1) is 8.19. The summed E-state index contributed by atoms with van der Waals surface area (Å²) >= 11 is 0. The van der Waals surface area contributed by atoms with Gasteiger partial charge in [-0.05, 0) is 37.1 Å². The van der Waals surface area contributed by atoms with Crippen molar-refractivity contribution in [3.05, 3.63) is 29.8 Å². The van der Waals surface area contributed by atoms with Crippen molar-refractivity contribution in [2.45, 2.75) is 25.8 Å². The maximum Gasteiger partial charge on any atom is 0.0443 e. The van der Waals surface area contributed by atoms with E-state index in [1.54, 1.807) is 0 Å². The third kappa shape index (κ3) is 4.36. The normalized spacial score (nSPS) is 12.5. The molecule has 0 bridgehead atoms. The van der Waals surface area contributed by atoms with Gasteiger partial charge in [0.2, 0.25) is 0 Å². The predicted octanol–water partition coefficient (Wildman–Crippen LogP) is 2.18. The molecule has 1 rings (SSSR count). The Hall–Kier alpha value is -1.06. The number of anilines is 1. The lowest BCUT2D eigenvalue weighted by molar-refractivity contribution is 0.283. The van der Waals surface area contributed by atoms with Gasteiger partial charge in [-0.25, -0.2) is 0 Å². The van der Waals surface area contributed by atoms with Crippen molar-refractivity contribution in [3.63, 3.8) is 0 Å². The summed E-state index contributed by atoms with van der Waals surface area (Å²) in [6.45, 7) is 3.30. The average Bonchev–Trinajstić information content (AvgIpc) is 2.35. The minimum atomic E-state index is 0.253. The van der Waals surface area contributed by atoms with Crippen molar-refractivity contribution in [2.24, 2.45) is 0 Å². The SMILES string of the molecule is CCC(NCCCO)c1ccc(N(C)C)cc1. The van der Waals surface area contributed by atoms with Crippen LogP contribution >= 0.6 is 0 Å². The van der Waals surface area contributed by atoms with E-state index in [4.69, 9.17) is 5.11 Å². The highest BCUT2D eigenvalue weighted by Crippen LogP contribution is 2.20. The van der Waals surface area contributed by atoms with Gasteiger partial charge in [0.05, 0.1) is 0 Å². The first kappa shape index (κ1) is 14.0. The zero-order chi connectivity index (χ0) is 12.7. The van der Waals surface area contributed by atoms with Crippen molar-refractivity contribution >= 4 is 5.69 Å². The van der Waals surface area contributed by atoms with Gasteiger partial charge in [0.1, 0.15) is 0 Å². The molecule has 0 spiro atoms. The fourth-order valence-electron chi connectivity index (χ4n) is 1.86. The molecule has 3 nitrogen and oxygen atoms in total. The Labute approximate surface area is 104 Å². The molecule has 0 saturated carbocycles. The van der Waals surface area contributed by atoms with E-state index >= 15 is 0 Å². The summed E-state index contributed by atoms with van der Waals surface area (Å²) in [5, 5.41) is 12.2. The van der Waals surface area contributed by atoms with Gasteiger partial charge in [0.25, 0.3) is 0 Å². The molecule has 1 aromatic rings. The van der Waals surface area contributed by atoms with Crippen LogP contribution in [-0.4, -0.2) is 32.4 Å². The van der Waals surface area contributed by atoms with Gasteiger partial charge in [0.15, 0.2) is 0 Å². The molecule has 2 N–H and O–H groups in total. The first-order valence-electron chi connectivity index (χ1n) is 6.30. The maximum absolute atomic E-state index is 8.77. The number of nitrogens with zero attached hydrogens (tertiary/aromatic N) is 1. The van der Waals surface area contributed by atoms with Crippen LogP contribution in [0.2, 0.25) is 0 Å². The molecule has 1 atom stereocenters. The summed E-state index contributed by atoms with van der Waals surface area (Å²) < 4.78 is 0. The smallest absolute Gasteiger partial charge is 0.0443 e. The van der Waals surface area contributed by atoms with Crippen molar-refractivity contribution in [3.8, 4) is 0 Å². The van der Waals surface area contributed by atoms with Crippen LogP contribution in [0, 0.1) is 0 Å². The lowest BCUT2D eigenvalue weighted by atomic mass is 10.0. The van der Waals surface area contributed by atoms with Crippen LogP contribution in [-0.2, 0) is 0 Å². The number of rotatable bonds is 7. The lowest BCUT2D eigenvalue weighted by Crippen LogP contribution is -2.22. The molecule has 1 unspecified atom stereocenters. The van der Waals surface area contributed by atoms with Gasteiger partial charge in [0, 0.05) is 32.4 Å². The number of nitrogens with one attached hydrogen (secondary N) is 1. The molecular weight excluding hydrogens is 212 g/mol. The van der Waals surface area contributed by atoms with Gasteiger partial charge in [-0.15, -0.1) is 0 Å². The van der Waals surface area contributed by atoms with Crippen LogP contribution in [0.25, 0.3) is 0 Å². The van der Waals surface area contributed by atoms with Crippen LogP contribution in [0.5, 0.6) is 0 Å². The molecule has 17 heavy (non-hydrogen) atoms. The van der Waals surface area contributed by atoms with E-state index in [0.717, 1.165) is 19.4 Å². The molecule has 1 aromatic carbocycles. The third-order valence-corrected chi connectivity index (χ3v) is 2.95. The summed E-state index contributed by atoms with van der Waals surface area (Å²) in [6, 6.07) is 9.03. The largest absolute Gasteiger partial charge is 0.396 e. The van der Waals surface area contributed by atoms with Gasteiger partial charge >= 0.3 is 0 Å². The molecular formula is C14H24N2O. The van der Waals surface area contributed by atoms with Crippen LogP contribution in [0.4, 0.5) is 5.69 Å². The summed E-state index contributed by atoms with van der Waals surface area (Å²) in [4.78, 5) is 2.10. The minimum absolute atomic E-state index is 0.253. The van der Waals surface area contributed by atoms with Crippen molar-refractivity contribution in [1.29, 1.82) is 0 Å². The Morgan fingerprint density at radius 1 is 1.24 bits per heavy atom. The van der Waals surface area contributed by atoms with Crippen molar-refractivity contribution in [1.82, 2.24) is 5.32 Å². The predicted molar refractivity (Wildman–Crippen MR) is 73.5 cm³/mol. The van der Waals surface area contributed by atoms with E-state index in [2.05, 4.69) is 41.4 Å². The molecule has 0 heterocycles. The van der Waals surface area contributed by atoms with Crippen LogP contribution < -0.4 is 10.2 Å². The standard InChI is InChI=1S/C14H24N2O/c1-4-14(15-10-5-11-17)12-6-8-13(9-7-12)16(2)3/h6-9,14-15,17H,4-5,10-11H2,1-3H3. The molecule has 0 aliphatic rings. The fraction of sp³-hybridized carbons (Fsp3) is 0.571. The number of benzene rings is 1. The molecule has 0 aliphatic carbocycles. The number of aliphatic hydroxyl groups excluding tert-OH is 1. The van der Waals surface area contributed by atoms with E-state index < -0.39 is 0 Å². The molecule has 0 amide bonds. The van der Waals surface area contributed by atoms with E-state index in [1.807, 2.05) is 14.1 Å². The molecule has 0 aromatic heterocycles. The Morgan fingerprint density at radius 3 is 2.35 bits per heavy atom. The van der Waals surface area contributed by atoms with Crippen molar-refractivity contribution in [2.75, 3.05) is 32.1 Å². The Bertz CT molecular complexity index is 309. The summed E-state index contributed by atoms with van der Waals surface area (Å²) in [6.07, 6.45) is 1.87. The van der Waals surface area contributed by atoms with Crippen LogP contribution in [0.3, 0.4) is 0 Å². The highest BCUT2D eigenvalue weighted by Gasteiger charge is 2.08. The summed E-state index contributed by atoms with van der Waals surface area (Å²) in [5.74, 6) is 0. The number of hydrogen-bond acceptors (Lipinski definition) is 3. The van der Waals surface area contributed by atoms with Gasteiger partial charge < -0.3 is 15.3 Å². The fourth-order valence-corrected chi connectivity index (χ4v) is 1.86. The van der Waals surface area contributed by atoms with E-state index in [1.165, 1.54) is 11.3 Å². The van der Waals surface area contributed by atoms with E-state index in [0.29, 0.717) is 6.04 Å². The van der Waals surface area contributed by atoms with E-state index in [9.17, 15) is 0 Å². The molecule has 3 heteroatoms. The minimum Gasteiger partial charge on any atom is -0.396 e. The van der Waals surface area contributed by atoms with E-state index in [-0.39, 0.29) is 6.61 Å². The Balaban J connectivity index is 2.62. The second-order valence-electron chi connectivity index (χ2n) is 4.48. The monoisotopic (exact) mass is 236 g/mol. The zero-order valence-electron chi connectivity index (χ0n) is 11.1. The van der Waals surface area contributed by atoms with Crippen LogP contribution in [0.1, 0.15) is 31.4 Å². The Kier molecular flexibility index (Phi) is 6.01. The summed E-state index contributed by atoms with van der Waals surface area (Å²) in [7, 11) is 4.09. The second kappa shape index (κ2) is 7.30.